The zero-order valence-electron chi connectivity index (χ0n) is 11.0. The molecular formula is C12H19N3O3S. The summed E-state index contributed by atoms with van der Waals surface area (Å²) in [7, 11) is 1.55. The number of nitrogens with zero attached hydrogens (tertiary/aromatic N) is 2. The molecule has 0 saturated carbocycles. The van der Waals surface area contributed by atoms with Gasteiger partial charge in [0.25, 0.3) is 0 Å². The molecule has 7 heteroatoms. The van der Waals surface area contributed by atoms with Gasteiger partial charge in [0.1, 0.15) is 9.88 Å². The van der Waals surface area contributed by atoms with Crippen molar-refractivity contribution in [2.45, 2.75) is 19.6 Å². The number of ether oxygens (including phenoxy) is 1. The first-order chi connectivity index (χ1) is 9.20. The van der Waals surface area contributed by atoms with Gasteiger partial charge in [-0.05, 0) is 19.5 Å². The Labute approximate surface area is 116 Å². The third kappa shape index (κ3) is 3.97. The smallest absolute Gasteiger partial charge is 0.347 e. The van der Waals surface area contributed by atoms with Crippen LogP contribution in [0, 0.1) is 0 Å². The molecule has 1 aromatic heterocycles. The average molecular weight is 285 g/mol. The number of aromatic nitrogens is 1. The molecule has 2 heterocycles. The van der Waals surface area contributed by atoms with Crippen molar-refractivity contribution in [3.63, 3.8) is 0 Å². The second-order valence-corrected chi connectivity index (χ2v) is 5.58. The maximum absolute atomic E-state index is 11.1. The van der Waals surface area contributed by atoms with E-state index < -0.39 is 5.97 Å². The SMILES string of the molecule is COCc1nc(CN2CCCNCC2)sc1C(=O)O. The normalized spacial score (nSPS) is 17.3. The lowest BCUT2D eigenvalue weighted by Crippen LogP contribution is -2.27. The number of aromatic carboxylic acids is 1. The zero-order chi connectivity index (χ0) is 13.7. The zero-order valence-corrected chi connectivity index (χ0v) is 11.8. The highest BCUT2D eigenvalue weighted by molar-refractivity contribution is 7.13. The molecule has 0 amide bonds. The van der Waals surface area contributed by atoms with E-state index in [0.29, 0.717) is 10.6 Å². The van der Waals surface area contributed by atoms with Crippen LogP contribution in [0.3, 0.4) is 0 Å². The lowest BCUT2D eigenvalue weighted by Gasteiger charge is -2.17. The van der Waals surface area contributed by atoms with Crippen LogP contribution in [0.2, 0.25) is 0 Å². The minimum Gasteiger partial charge on any atom is -0.477 e. The van der Waals surface area contributed by atoms with Crippen LogP contribution in [0.15, 0.2) is 0 Å². The molecule has 1 fully saturated rings. The number of carboxylic acid groups (broad SMARTS) is 1. The van der Waals surface area contributed by atoms with E-state index in [1.54, 1.807) is 7.11 Å². The van der Waals surface area contributed by atoms with Crippen LogP contribution in [0.5, 0.6) is 0 Å². The van der Waals surface area contributed by atoms with Crippen molar-refractivity contribution in [3.8, 4) is 0 Å². The Balaban J connectivity index is 2.06. The van der Waals surface area contributed by atoms with E-state index in [0.717, 1.165) is 44.2 Å². The largest absolute Gasteiger partial charge is 0.477 e. The van der Waals surface area contributed by atoms with Crippen LogP contribution in [0.1, 0.15) is 26.8 Å². The van der Waals surface area contributed by atoms with Gasteiger partial charge in [-0.2, -0.15) is 0 Å². The monoisotopic (exact) mass is 285 g/mol. The van der Waals surface area contributed by atoms with Gasteiger partial charge in [-0.25, -0.2) is 9.78 Å². The Hall–Kier alpha value is -1.02. The van der Waals surface area contributed by atoms with E-state index in [1.807, 2.05) is 0 Å². The number of thiazole rings is 1. The Kier molecular flexibility index (Phi) is 5.26. The van der Waals surface area contributed by atoms with E-state index in [-0.39, 0.29) is 6.61 Å². The van der Waals surface area contributed by atoms with Gasteiger partial charge in [-0.15, -0.1) is 11.3 Å². The van der Waals surface area contributed by atoms with Gasteiger partial charge in [-0.1, -0.05) is 0 Å². The lowest BCUT2D eigenvalue weighted by atomic mass is 10.3. The van der Waals surface area contributed by atoms with Gasteiger partial charge >= 0.3 is 5.97 Å². The molecule has 19 heavy (non-hydrogen) atoms. The third-order valence-corrected chi connectivity index (χ3v) is 4.08. The van der Waals surface area contributed by atoms with E-state index in [1.165, 1.54) is 11.3 Å². The van der Waals surface area contributed by atoms with E-state index in [9.17, 15) is 4.79 Å². The summed E-state index contributed by atoms with van der Waals surface area (Å²) < 4.78 is 5.00. The first kappa shape index (κ1) is 14.4. The third-order valence-electron chi connectivity index (χ3n) is 3.01. The summed E-state index contributed by atoms with van der Waals surface area (Å²) in [5, 5.41) is 13.3. The standard InChI is InChI=1S/C12H19N3O3S/c1-18-8-9-11(12(16)17)19-10(14-9)7-15-5-2-3-13-4-6-15/h13H,2-8H2,1H3,(H,16,17). The maximum atomic E-state index is 11.1. The molecule has 0 bridgehead atoms. The average Bonchev–Trinajstić information content (AvgIpc) is 2.59. The topological polar surface area (TPSA) is 74.7 Å². The van der Waals surface area contributed by atoms with Crippen molar-refractivity contribution >= 4 is 17.3 Å². The van der Waals surface area contributed by atoms with Gasteiger partial charge in [0, 0.05) is 20.2 Å². The molecule has 2 rings (SSSR count). The molecule has 0 radical (unpaired) electrons. The van der Waals surface area contributed by atoms with Crippen molar-refractivity contribution in [3.05, 3.63) is 15.6 Å². The Bertz CT molecular complexity index is 428. The Morgan fingerprint density at radius 2 is 2.37 bits per heavy atom. The fourth-order valence-corrected chi connectivity index (χ4v) is 3.07. The van der Waals surface area contributed by atoms with Gasteiger partial charge < -0.3 is 15.2 Å². The number of hydrogen-bond acceptors (Lipinski definition) is 6. The summed E-state index contributed by atoms with van der Waals surface area (Å²) in [4.78, 5) is 18.1. The summed E-state index contributed by atoms with van der Waals surface area (Å²) in [6, 6.07) is 0. The van der Waals surface area contributed by atoms with Crippen molar-refractivity contribution < 1.29 is 14.6 Å². The van der Waals surface area contributed by atoms with Gasteiger partial charge in [-0.3, -0.25) is 4.90 Å². The second-order valence-electron chi connectivity index (χ2n) is 4.50. The second kappa shape index (κ2) is 6.95. The number of methoxy groups -OCH3 is 1. The predicted molar refractivity (Wildman–Crippen MR) is 72.6 cm³/mol. The molecule has 0 spiro atoms. The van der Waals surface area contributed by atoms with E-state index in [4.69, 9.17) is 9.84 Å². The molecule has 2 N–H and O–H groups in total. The van der Waals surface area contributed by atoms with Crippen LogP contribution in [-0.4, -0.2) is 54.2 Å². The highest BCUT2D eigenvalue weighted by Crippen LogP contribution is 2.21. The fourth-order valence-electron chi connectivity index (χ4n) is 2.12. The Morgan fingerprint density at radius 3 is 3.11 bits per heavy atom. The van der Waals surface area contributed by atoms with Crippen LogP contribution in [-0.2, 0) is 17.9 Å². The van der Waals surface area contributed by atoms with Gasteiger partial charge in [0.2, 0.25) is 0 Å². The molecule has 0 aromatic carbocycles. The van der Waals surface area contributed by atoms with Crippen LogP contribution in [0.25, 0.3) is 0 Å². The summed E-state index contributed by atoms with van der Waals surface area (Å²) in [5.74, 6) is -0.923. The van der Waals surface area contributed by atoms with E-state index >= 15 is 0 Å². The Morgan fingerprint density at radius 1 is 1.53 bits per heavy atom. The molecular weight excluding hydrogens is 266 g/mol. The highest BCUT2D eigenvalue weighted by atomic mass is 32.1. The molecule has 0 atom stereocenters. The van der Waals surface area contributed by atoms with Crippen LogP contribution >= 0.6 is 11.3 Å². The number of hydrogen-bond donors (Lipinski definition) is 2. The molecule has 106 valence electrons. The minimum absolute atomic E-state index is 0.250. The van der Waals surface area contributed by atoms with Gasteiger partial charge in [0.15, 0.2) is 0 Å². The first-order valence-electron chi connectivity index (χ1n) is 6.34. The predicted octanol–water partition coefficient (Wildman–Crippen LogP) is 0.783. The summed E-state index contributed by atoms with van der Waals surface area (Å²) in [5.41, 5.74) is 0.531. The molecule has 1 aliphatic rings. The molecule has 0 aliphatic carbocycles. The van der Waals surface area contributed by atoms with Crippen molar-refractivity contribution in [1.82, 2.24) is 15.2 Å². The van der Waals surface area contributed by atoms with Crippen LogP contribution < -0.4 is 5.32 Å². The molecule has 1 saturated heterocycles. The van der Waals surface area contributed by atoms with Crippen molar-refractivity contribution in [2.75, 3.05) is 33.3 Å². The molecule has 1 aliphatic heterocycles. The first-order valence-corrected chi connectivity index (χ1v) is 7.16. The minimum atomic E-state index is -0.923. The number of rotatable bonds is 5. The highest BCUT2D eigenvalue weighted by Gasteiger charge is 2.19. The number of carbonyl (C=O) groups is 1. The van der Waals surface area contributed by atoms with Crippen LogP contribution in [0.4, 0.5) is 0 Å². The van der Waals surface area contributed by atoms with Crippen molar-refractivity contribution in [1.29, 1.82) is 0 Å². The molecule has 1 aromatic rings. The van der Waals surface area contributed by atoms with Crippen molar-refractivity contribution in [2.24, 2.45) is 0 Å². The molecule has 6 nitrogen and oxygen atoms in total. The summed E-state index contributed by atoms with van der Waals surface area (Å²) in [6.45, 7) is 4.98. The lowest BCUT2D eigenvalue weighted by molar-refractivity contribution is 0.0697. The maximum Gasteiger partial charge on any atom is 0.347 e. The number of carboxylic acids is 1. The van der Waals surface area contributed by atoms with E-state index in [2.05, 4.69) is 15.2 Å². The van der Waals surface area contributed by atoms with Gasteiger partial charge in [0.05, 0.1) is 18.8 Å². The quantitative estimate of drug-likeness (QED) is 0.833. The summed E-state index contributed by atoms with van der Waals surface area (Å²) in [6.07, 6.45) is 1.11. The fraction of sp³-hybridized carbons (Fsp3) is 0.667. The summed E-state index contributed by atoms with van der Waals surface area (Å²) >= 11 is 1.26. The number of nitrogens with one attached hydrogen (secondary N) is 1. The molecule has 0 unspecified atom stereocenters.